The number of benzene rings is 2. The van der Waals surface area contributed by atoms with Crippen LogP contribution in [0.15, 0.2) is 42.5 Å². The fourth-order valence-electron chi connectivity index (χ4n) is 2.68. The highest BCUT2D eigenvalue weighted by molar-refractivity contribution is 5.82. The average Bonchev–Trinajstić information content (AvgIpc) is 2.58. The minimum Gasteiger partial charge on any atom is -0.381 e. The number of hydrogen-bond acceptors (Lipinski definition) is 5. The van der Waals surface area contributed by atoms with E-state index in [1.807, 2.05) is 42.5 Å². The Morgan fingerprint density at radius 3 is 2.29 bits per heavy atom. The molecule has 2 aromatic carbocycles. The highest BCUT2D eigenvalue weighted by atomic mass is 16.7. The summed E-state index contributed by atoms with van der Waals surface area (Å²) < 4.78 is 10.6. The molecular formula is C18H23NO5. The first-order valence-corrected chi connectivity index (χ1v) is 8.09. The molecule has 0 amide bonds. The largest absolute Gasteiger partial charge is 0.381 e. The molecule has 0 aromatic heterocycles. The summed E-state index contributed by atoms with van der Waals surface area (Å²) >= 11 is 0. The van der Waals surface area contributed by atoms with Crippen LogP contribution in [0.4, 0.5) is 0 Å². The van der Waals surface area contributed by atoms with Gasteiger partial charge in [0.2, 0.25) is 6.04 Å². The van der Waals surface area contributed by atoms with Crippen molar-refractivity contribution in [2.75, 3.05) is 13.2 Å². The molecule has 2 rings (SSSR count). The summed E-state index contributed by atoms with van der Waals surface area (Å²) in [5.74, 6) is 0. The maximum absolute atomic E-state index is 11.5. The summed E-state index contributed by atoms with van der Waals surface area (Å²) in [7, 11) is 0. The average molecular weight is 333 g/mol. The van der Waals surface area contributed by atoms with Crippen molar-refractivity contribution in [3.8, 4) is 0 Å². The van der Waals surface area contributed by atoms with Crippen molar-refractivity contribution in [3.63, 3.8) is 0 Å². The van der Waals surface area contributed by atoms with E-state index in [9.17, 15) is 15.2 Å². The van der Waals surface area contributed by atoms with Gasteiger partial charge in [-0.2, -0.15) is 0 Å². The van der Waals surface area contributed by atoms with Gasteiger partial charge in [-0.1, -0.05) is 42.5 Å². The monoisotopic (exact) mass is 333 g/mol. The smallest absolute Gasteiger partial charge is 0.247 e. The summed E-state index contributed by atoms with van der Waals surface area (Å²) in [6.45, 7) is 4.12. The van der Waals surface area contributed by atoms with Crippen molar-refractivity contribution in [3.05, 3.63) is 58.1 Å². The van der Waals surface area contributed by atoms with E-state index in [4.69, 9.17) is 9.47 Å². The molecule has 6 heteroatoms. The standard InChI is InChI=1S/C18H23NO5/c1-3-23-18(24-4-2)17(20)16(19(21)22)12-13-9-10-14-7-5-6-8-15(14)11-13/h5-11,16-18,20H,3-4,12H2,1-2H3. The van der Waals surface area contributed by atoms with E-state index in [1.165, 1.54) is 0 Å². The van der Waals surface area contributed by atoms with Gasteiger partial charge in [0.25, 0.3) is 0 Å². The van der Waals surface area contributed by atoms with Crippen LogP contribution in [0.25, 0.3) is 10.8 Å². The van der Waals surface area contributed by atoms with E-state index in [1.54, 1.807) is 13.8 Å². The van der Waals surface area contributed by atoms with Crippen LogP contribution >= 0.6 is 0 Å². The maximum Gasteiger partial charge on any atom is 0.247 e. The van der Waals surface area contributed by atoms with Crippen molar-refractivity contribution in [1.29, 1.82) is 0 Å². The fraction of sp³-hybridized carbons (Fsp3) is 0.444. The quantitative estimate of drug-likeness (QED) is 0.433. The van der Waals surface area contributed by atoms with Gasteiger partial charge in [0, 0.05) is 24.6 Å². The fourth-order valence-corrected chi connectivity index (χ4v) is 2.68. The number of ether oxygens (including phenoxy) is 2. The minimum absolute atomic E-state index is 0.107. The van der Waals surface area contributed by atoms with Gasteiger partial charge in [-0.3, -0.25) is 10.1 Å². The van der Waals surface area contributed by atoms with E-state index < -0.39 is 23.4 Å². The predicted octanol–water partition coefficient (Wildman–Crippen LogP) is 2.79. The topological polar surface area (TPSA) is 81.8 Å². The van der Waals surface area contributed by atoms with Gasteiger partial charge in [-0.05, 0) is 30.2 Å². The lowest BCUT2D eigenvalue weighted by Crippen LogP contribution is -2.46. The molecule has 24 heavy (non-hydrogen) atoms. The van der Waals surface area contributed by atoms with Crippen LogP contribution in [0.5, 0.6) is 0 Å². The highest BCUT2D eigenvalue weighted by Gasteiger charge is 2.37. The van der Waals surface area contributed by atoms with Gasteiger partial charge in [-0.15, -0.1) is 0 Å². The third kappa shape index (κ3) is 4.50. The lowest BCUT2D eigenvalue weighted by molar-refractivity contribution is -0.540. The van der Waals surface area contributed by atoms with E-state index >= 15 is 0 Å². The number of hydrogen-bond donors (Lipinski definition) is 1. The number of nitrogens with zero attached hydrogens (tertiary/aromatic N) is 1. The molecule has 130 valence electrons. The Bertz CT molecular complexity index is 669. The molecule has 0 radical (unpaired) electrons. The molecule has 0 fully saturated rings. The van der Waals surface area contributed by atoms with Crippen LogP contribution in [0.1, 0.15) is 19.4 Å². The lowest BCUT2D eigenvalue weighted by Gasteiger charge is -2.24. The van der Waals surface area contributed by atoms with Crippen LogP contribution in [-0.2, 0) is 15.9 Å². The second-order valence-electron chi connectivity index (χ2n) is 5.51. The number of aliphatic hydroxyl groups excluding tert-OH is 1. The van der Waals surface area contributed by atoms with E-state index in [0.717, 1.165) is 16.3 Å². The Hall–Kier alpha value is -2.02. The van der Waals surface area contributed by atoms with Crippen molar-refractivity contribution >= 4 is 10.8 Å². The van der Waals surface area contributed by atoms with Crippen LogP contribution < -0.4 is 0 Å². The first-order valence-electron chi connectivity index (χ1n) is 8.09. The first-order chi connectivity index (χ1) is 11.6. The van der Waals surface area contributed by atoms with Gasteiger partial charge >= 0.3 is 0 Å². The van der Waals surface area contributed by atoms with Gasteiger partial charge in [0.15, 0.2) is 12.4 Å². The van der Waals surface area contributed by atoms with Crippen molar-refractivity contribution in [1.82, 2.24) is 0 Å². The molecule has 0 aliphatic rings. The SMILES string of the molecule is CCOC(OCC)C(O)C(Cc1ccc2ccccc2c1)[N+](=O)[O-]. The Morgan fingerprint density at radius 2 is 1.71 bits per heavy atom. The van der Waals surface area contributed by atoms with Crippen molar-refractivity contribution in [2.24, 2.45) is 0 Å². The molecule has 1 N–H and O–H groups in total. The Labute approximate surface area is 141 Å². The number of nitro groups is 1. The van der Waals surface area contributed by atoms with Crippen LogP contribution in [0, 0.1) is 10.1 Å². The third-order valence-electron chi connectivity index (χ3n) is 3.86. The Kier molecular flexibility index (Phi) is 6.66. The van der Waals surface area contributed by atoms with Crippen molar-refractivity contribution < 1.29 is 19.5 Å². The summed E-state index contributed by atoms with van der Waals surface area (Å²) in [6, 6.07) is 12.3. The molecule has 0 aliphatic carbocycles. The van der Waals surface area contributed by atoms with E-state index in [-0.39, 0.29) is 6.42 Å². The summed E-state index contributed by atoms with van der Waals surface area (Å²) in [4.78, 5) is 11.0. The number of rotatable bonds is 9. The lowest BCUT2D eigenvalue weighted by atomic mass is 9.98. The van der Waals surface area contributed by atoms with Gasteiger partial charge in [0.1, 0.15) is 0 Å². The molecule has 2 aromatic rings. The second-order valence-corrected chi connectivity index (χ2v) is 5.51. The zero-order chi connectivity index (χ0) is 17.5. The number of fused-ring (bicyclic) bond motifs is 1. The molecule has 2 atom stereocenters. The van der Waals surface area contributed by atoms with Crippen LogP contribution in [0.3, 0.4) is 0 Å². The molecule has 2 unspecified atom stereocenters. The Morgan fingerprint density at radius 1 is 1.08 bits per heavy atom. The molecule has 0 spiro atoms. The van der Waals surface area contributed by atoms with Gasteiger partial charge in [-0.25, -0.2) is 0 Å². The first kappa shape index (κ1) is 18.3. The molecule has 6 nitrogen and oxygen atoms in total. The highest BCUT2D eigenvalue weighted by Crippen LogP contribution is 2.19. The minimum atomic E-state index is -1.34. The maximum atomic E-state index is 11.5. The summed E-state index contributed by atoms with van der Waals surface area (Å²) in [5, 5.41) is 23.9. The molecule has 0 saturated carbocycles. The van der Waals surface area contributed by atoms with Gasteiger partial charge < -0.3 is 14.6 Å². The molecule has 0 bridgehead atoms. The van der Waals surface area contributed by atoms with E-state index in [2.05, 4.69) is 0 Å². The normalized spacial score (nSPS) is 14.0. The molecule has 0 aliphatic heterocycles. The van der Waals surface area contributed by atoms with Crippen LogP contribution in [0.2, 0.25) is 0 Å². The summed E-state index contributed by atoms with van der Waals surface area (Å²) in [5.41, 5.74) is 0.793. The zero-order valence-electron chi connectivity index (χ0n) is 13.9. The second kappa shape index (κ2) is 8.73. The van der Waals surface area contributed by atoms with Gasteiger partial charge in [0.05, 0.1) is 0 Å². The summed E-state index contributed by atoms with van der Waals surface area (Å²) in [6.07, 6.45) is -2.24. The molecular weight excluding hydrogens is 310 g/mol. The van der Waals surface area contributed by atoms with Crippen LogP contribution in [-0.4, -0.2) is 41.7 Å². The zero-order valence-corrected chi connectivity index (χ0v) is 13.9. The number of aliphatic hydroxyl groups is 1. The van der Waals surface area contributed by atoms with Crippen molar-refractivity contribution in [2.45, 2.75) is 38.7 Å². The molecule has 0 heterocycles. The predicted molar refractivity (Wildman–Crippen MR) is 91.5 cm³/mol. The molecule has 0 saturated heterocycles. The van der Waals surface area contributed by atoms with E-state index in [0.29, 0.717) is 13.2 Å². The Balaban J connectivity index is 2.21. The third-order valence-corrected chi connectivity index (χ3v) is 3.86.